The molecule has 0 aliphatic carbocycles. The Balaban J connectivity index is 1.55. The van der Waals surface area contributed by atoms with Crippen LogP contribution in [0.1, 0.15) is 34.5 Å². The predicted molar refractivity (Wildman–Crippen MR) is 132 cm³/mol. The third-order valence-electron chi connectivity index (χ3n) is 6.04. The lowest BCUT2D eigenvalue weighted by molar-refractivity contribution is 0.0956. The van der Waals surface area contributed by atoms with Gasteiger partial charge in [-0.05, 0) is 48.7 Å². The summed E-state index contributed by atoms with van der Waals surface area (Å²) in [5, 5.41) is 2.94. The first-order valence-corrected chi connectivity index (χ1v) is 11.2. The number of hydrogen-bond acceptors (Lipinski definition) is 4. The molecule has 6 nitrogen and oxygen atoms in total. The van der Waals surface area contributed by atoms with Crippen LogP contribution in [0.25, 0.3) is 22.2 Å². The summed E-state index contributed by atoms with van der Waals surface area (Å²) in [4.78, 5) is 22.9. The van der Waals surface area contributed by atoms with Gasteiger partial charge in [0.05, 0.1) is 17.1 Å². The van der Waals surface area contributed by atoms with Crippen LogP contribution in [0.2, 0.25) is 0 Å². The summed E-state index contributed by atoms with van der Waals surface area (Å²) in [5.41, 5.74) is 11.4. The van der Waals surface area contributed by atoms with Gasteiger partial charge in [-0.1, -0.05) is 54.6 Å². The Morgan fingerprint density at radius 1 is 0.971 bits per heavy atom. The van der Waals surface area contributed by atoms with Gasteiger partial charge in [-0.25, -0.2) is 14.4 Å². The van der Waals surface area contributed by atoms with Gasteiger partial charge in [0.15, 0.2) is 5.65 Å². The minimum absolute atomic E-state index is 0.153. The zero-order chi connectivity index (χ0) is 23.7. The lowest BCUT2D eigenvalue weighted by atomic mass is 10.1. The number of benzene rings is 3. The van der Waals surface area contributed by atoms with E-state index in [1.807, 2.05) is 66.1 Å². The number of hydrogen-bond donors (Lipinski definition) is 2. The van der Waals surface area contributed by atoms with Gasteiger partial charge in [-0.15, -0.1) is 0 Å². The molecule has 0 radical (unpaired) electrons. The number of carbonyl (C=O) groups is 1. The topological polar surface area (TPSA) is 85.8 Å². The fourth-order valence-electron chi connectivity index (χ4n) is 4.24. The molecule has 0 aliphatic heterocycles. The number of aromatic nitrogens is 3. The number of nitrogens with one attached hydrogen (secondary N) is 1. The maximum absolute atomic E-state index is 13.3. The molecule has 1 atom stereocenters. The van der Waals surface area contributed by atoms with Crippen LogP contribution in [0.15, 0.2) is 78.9 Å². The Kier molecular flexibility index (Phi) is 5.67. The third-order valence-corrected chi connectivity index (χ3v) is 6.04. The van der Waals surface area contributed by atoms with E-state index in [0.717, 1.165) is 16.6 Å². The SMILES string of the molecule is CC(c1ccccc1)n1c(N)c(C(=O)NCCc2ccc(F)cc2)c2nc3ccccc3nc21. The summed E-state index contributed by atoms with van der Waals surface area (Å²) < 4.78 is 15.0. The largest absolute Gasteiger partial charge is 0.384 e. The van der Waals surface area contributed by atoms with Crippen LogP contribution >= 0.6 is 0 Å². The van der Waals surface area contributed by atoms with E-state index >= 15 is 0 Å². The number of para-hydroxylation sites is 2. The second-order valence-corrected chi connectivity index (χ2v) is 8.23. The molecule has 5 rings (SSSR count). The van der Waals surface area contributed by atoms with Crippen LogP contribution in [0.3, 0.4) is 0 Å². The van der Waals surface area contributed by atoms with Crippen molar-refractivity contribution >= 4 is 33.9 Å². The fraction of sp³-hybridized carbons (Fsp3) is 0.148. The van der Waals surface area contributed by atoms with Gasteiger partial charge in [-0.3, -0.25) is 4.79 Å². The van der Waals surface area contributed by atoms with Crippen LogP contribution in [0.4, 0.5) is 10.2 Å². The number of rotatable bonds is 6. The Morgan fingerprint density at radius 3 is 2.32 bits per heavy atom. The molecule has 3 N–H and O–H groups in total. The van der Waals surface area contributed by atoms with Crippen LogP contribution in [0.5, 0.6) is 0 Å². The van der Waals surface area contributed by atoms with Crippen molar-refractivity contribution in [1.29, 1.82) is 0 Å². The molecule has 0 saturated heterocycles. The molecule has 0 aliphatic rings. The number of carbonyl (C=O) groups excluding carboxylic acids is 1. The normalized spacial score (nSPS) is 12.2. The molecule has 0 bridgehead atoms. The third kappa shape index (κ3) is 3.96. The molecule has 7 heteroatoms. The van der Waals surface area contributed by atoms with Crippen LogP contribution in [-0.4, -0.2) is 27.0 Å². The molecule has 1 amide bonds. The van der Waals surface area contributed by atoms with Crippen molar-refractivity contribution in [3.8, 4) is 0 Å². The number of amides is 1. The van der Waals surface area contributed by atoms with Crippen molar-refractivity contribution in [1.82, 2.24) is 19.9 Å². The Labute approximate surface area is 196 Å². The van der Waals surface area contributed by atoms with Gasteiger partial charge in [0.2, 0.25) is 0 Å². The van der Waals surface area contributed by atoms with Crippen molar-refractivity contribution in [2.45, 2.75) is 19.4 Å². The van der Waals surface area contributed by atoms with Crippen LogP contribution in [0, 0.1) is 5.82 Å². The first-order valence-electron chi connectivity index (χ1n) is 11.2. The quantitative estimate of drug-likeness (QED) is 0.383. The Bertz CT molecular complexity index is 1480. The maximum atomic E-state index is 13.3. The van der Waals surface area contributed by atoms with E-state index in [-0.39, 0.29) is 17.8 Å². The molecular weight excluding hydrogens is 429 g/mol. The van der Waals surface area contributed by atoms with Gasteiger partial charge in [-0.2, -0.15) is 0 Å². The molecule has 5 aromatic rings. The van der Waals surface area contributed by atoms with E-state index < -0.39 is 0 Å². The van der Waals surface area contributed by atoms with E-state index in [9.17, 15) is 9.18 Å². The van der Waals surface area contributed by atoms with E-state index in [1.165, 1.54) is 12.1 Å². The van der Waals surface area contributed by atoms with Crippen LogP contribution in [-0.2, 0) is 6.42 Å². The van der Waals surface area contributed by atoms with E-state index in [2.05, 4.69) is 5.32 Å². The fourth-order valence-corrected chi connectivity index (χ4v) is 4.24. The predicted octanol–water partition coefficient (Wildman–Crippen LogP) is 4.89. The van der Waals surface area contributed by atoms with Crippen LogP contribution < -0.4 is 11.1 Å². The van der Waals surface area contributed by atoms with Gasteiger partial charge in [0, 0.05) is 6.54 Å². The summed E-state index contributed by atoms with van der Waals surface area (Å²) in [7, 11) is 0. The van der Waals surface area contributed by atoms with Gasteiger partial charge in [0.1, 0.15) is 22.7 Å². The average molecular weight is 454 g/mol. The molecule has 170 valence electrons. The summed E-state index contributed by atoms with van der Waals surface area (Å²) >= 11 is 0. The van der Waals surface area contributed by atoms with Gasteiger partial charge < -0.3 is 15.6 Å². The molecule has 2 aromatic heterocycles. The maximum Gasteiger partial charge on any atom is 0.257 e. The Morgan fingerprint density at radius 2 is 1.62 bits per heavy atom. The van der Waals surface area contributed by atoms with E-state index in [4.69, 9.17) is 15.7 Å². The average Bonchev–Trinajstić information content (AvgIpc) is 3.14. The minimum atomic E-state index is -0.312. The van der Waals surface area contributed by atoms with Crippen molar-refractivity contribution in [3.63, 3.8) is 0 Å². The number of nitrogens with two attached hydrogens (primary N) is 1. The Hall–Kier alpha value is -4.26. The summed E-state index contributed by atoms with van der Waals surface area (Å²) in [6, 6.07) is 23.6. The first kappa shape index (κ1) is 21.6. The molecule has 0 fully saturated rings. The molecule has 0 spiro atoms. The highest BCUT2D eigenvalue weighted by Gasteiger charge is 2.26. The summed E-state index contributed by atoms with van der Waals surface area (Å²) in [5.74, 6) is -0.277. The second-order valence-electron chi connectivity index (χ2n) is 8.23. The zero-order valence-electron chi connectivity index (χ0n) is 18.7. The summed E-state index contributed by atoms with van der Waals surface area (Å²) in [6.07, 6.45) is 0.569. The van der Waals surface area contributed by atoms with Gasteiger partial charge in [0.25, 0.3) is 5.91 Å². The van der Waals surface area contributed by atoms with Crippen molar-refractivity contribution in [2.24, 2.45) is 0 Å². The molecule has 3 aromatic carbocycles. The second kappa shape index (κ2) is 8.94. The first-order chi connectivity index (χ1) is 16.5. The summed E-state index contributed by atoms with van der Waals surface area (Å²) in [6.45, 7) is 2.41. The minimum Gasteiger partial charge on any atom is -0.384 e. The van der Waals surface area contributed by atoms with Gasteiger partial charge >= 0.3 is 0 Å². The highest BCUT2D eigenvalue weighted by Crippen LogP contribution is 2.33. The lowest BCUT2D eigenvalue weighted by Crippen LogP contribution is -2.26. The van der Waals surface area contributed by atoms with Crippen molar-refractivity contribution in [3.05, 3.63) is 101 Å². The lowest BCUT2D eigenvalue weighted by Gasteiger charge is -2.17. The standard InChI is InChI=1S/C27H24FN5O/c1-17(19-7-3-2-4-8-19)33-25(29)23(24-26(33)32-22-10-6-5-9-21(22)31-24)27(34)30-16-15-18-11-13-20(28)14-12-18/h2-14,17H,15-16,29H2,1H3,(H,30,34). The monoisotopic (exact) mass is 453 g/mol. The molecule has 1 unspecified atom stereocenters. The number of fused-ring (bicyclic) bond motifs is 2. The van der Waals surface area contributed by atoms with E-state index in [1.54, 1.807) is 12.1 Å². The molecule has 34 heavy (non-hydrogen) atoms. The van der Waals surface area contributed by atoms with Crippen molar-refractivity contribution in [2.75, 3.05) is 12.3 Å². The molecule has 2 heterocycles. The van der Waals surface area contributed by atoms with Crippen molar-refractivity contribution < 1.29 is 9.18 Å². The van der Waals surface area contributed by atoms with E-state index in [0.29, 0.717) is 41.0 Å². The smallest absolute Gasteiger partial charge is 0.257 e. The number of nitrogens with zero attached hydrogens (tertiary/aromatic N) is 3. The highest BCUT2D eigenvalue weighted by molar-refractivity contribution is 6.10. The number of nitrogen functional groups attached to an aromatic ring is 1. The zero-order valence-corrected chi connectivity index (χ0v) is 18.7. The number of halogens is 1. The molecule has 0 saturated carbocycles. The molecular formula is C27H24FN5O. The highest BCUT2D eigenvalue weighted by atomic mass is 19.1. The number of anilines is 1.